The molecular weight excluding hydrogens is 392 g/mol. The first-order chi connectivity index (χ1) is 13.4. The zero-order valence-electron chi connectivity index (χ0n) is 16.2. The Bertz CT molecular complexity index is 924. The third-order valence-electron chi connectivity index (χ3n) is 5.05. The largest absolute Gasteiger partial charge is 0.339 e. The Morgan fingerprint density at radius 3 is 2.46 bits per heavy atom. The molecule has 7 heteroatoms. The summed E-state index contributed by atoms with van der Waals surface area (Å²) in [4.78, 5) is 15.6. The Morgan fingerprint density at radius 2 is 1.82 bits per heavy atom. The number of benzene rings is 2. The van der Waals surface area contributed by atoms with E-state index in [1.807, 2.05) is 43.5 Å². The molecule has 1 aliphatic rings. The van der Waals surface area contributed by atoms with Crippen molar-refractivity contribution in [2.75, 3.05) is 25.9 Å². The number of carbonyl (C=O) groups is 1. The van der Waals surface area contributed by atoms with E-state index in [-0.39, 0.29) is 16.7 Å². The summed E-state index contributed by atoms with van der Waals surface area (Å²) in [5, 5.41) is 0. The molecule has 1 aliphatic heterocycles. The van der Waals surface area contributed by atoms with Crippen LogP contribution in [-0.2, 0) is 10.0 Å². The predicted molar refractivity (Wildman–Crippen MR) is 113 cm³/mol. The van der Waals surface area contributed by atoms with Crippen molar-refractivity contribution < 1.29 is 13.2 Å². The Kier molecular flexibility index (Phi) is 6.80. The number of hydrogen-bond donors (Lipinski definition) is 1. The average molecular weight is 419 g/mol. The zero-order chi connectivity index (χ0) is 20.1. The summed E-state index contributed by atoms with van der Waals surface area (Å²) in [6.07, 6.45) is 3.89. The number of likely N-dealkylation sites (tertiary alicyclic amines) is 1. The number of carbonyl (C=O) groups excluding carboxylic acids is 1. The van der Waals surface area contributed by atoms with Crippen molar-refractivity contribution in [3.63, 3.8) is 0 Å². The number of amides is 1. The van der Waals surface area contributed by atoms with Gasteiger partial charge in [-0.3, -0.25) is 4.79 Å². The van der Waals surface area contributed by atoms with Gasteiger partial charge in [-0.1, -0.05) is 37.3 Å². The van der Waals surface area contributed by atoms with Gasteiger partial charge in [0.1, 0.15) is 0 Å². The van der Waals surface area contributed by atoms with Crippen molar-refractivity contribution in [2.24, 2.45) is 0 Å². The smallest absolute Gasteiger partial charge is 0.255 e. The standard InChI is InChI=1S/C21H26N2O3S2/c1-16(17-8-4-3-5-9-17)15-22-28(25,26)18-10-11-20(27-2)19(14-18)21(24)23-12-6-7-13-23/h3-5,8-11,14,16,22H,6-7,12-13,15H2,1-2H3/t16-/m1/s1. The van der Waals surface area contributed by atoms with Crippen LogP contribution in [0.5, 0.6) is 0 Å². The van der Waals surface area contributed by atoms with E-state index >= 15 is 0 Å². The van der Waals surface area contributed by atoms with Gasteiger partial charge in [-0.05, 0) is 48.8 Å². The minimum Gasteiger partial charge on any atom is -0.339 e. The first-order valence-electron chi connectivity index (χ1n) is 9.44. The van der Waals surface area contributed by atoms with Gasteiger partial charge in [0.05, 0.1) is 10.5 Å². The number of hydrogen-bond acceptors (Lipinski definition) is 4. The van der Waals surface area contributed by atoms with Crippen LogP contribution in [0.1, 0.15) is 41.6 Å². The van der Waals surface area contributed by atoms with Crippen molar-refractivity contribution >= 4 is 27.7 Å². The zero-order valence-corrected chi connectivity index (χ0v) is 17.9. The Balaban J connectivity index is 1.79. The molecule has 0 spiro atoms. The van der Waals surface area contributed by atoms with Gasteiger partial charge < -0.3 is 4.90 Å². The van der Waals surface area contributed by atoms with Crippen LogP contribution in [-0.4, -0.2) is 45.1 Å². The quantitative estimate of drug-likeness (QED) is 0.696. The van der Waals surface area contributed by atoms with E-state index in [1.165, 1.54) is 17.8 Å². The van der Waals surface area contributed by atoms with Crippen LogP contribution in [0.4, 0.5) is 0 Å². The van der Waals surface area contributed by atoms with Gasteiger partial charge in [-0.2, -0.15) is 0 Å². The molecule has 28 heavy (non-hydrogen) atoms. The third-order valence-corrected chi connectivity index (χ3v) is 7.27. The number of nitrogens with one attached hydrogen (secondary N) is 1. The minimum atomic E-state index is -3.70. The van der Waals surface area contributed by atoms with Crippen molar-refractivity contribution in [1.82, 2.24) is 9.62 Å². The highest BCUT2D eigenvalue weighted by Crippen LogP contribution is 2.26. The maximum atomic E-state index is 12.9. The topological polar surface area (TPSA) is 66.5 Å². The van der Waals surface area contributed by atoms with Crippen molar-refractivity contribution in [2.45, 2.75) is 35.5 Å². The Hall–Kier alpha value is -1.83. The average Bonchev–Trinajstić information content (AvgIpc) is 3.26. The highest BCUT2D eigenvalue weighted by Gasteiger charge is 2.24. The van der Waals surface area contributed by atoms with E-state index in [9.17, 15) is 13.2 Å². The van der Waals surface area contributed by atoms with Gasteiger partial charge in [-0.25, -0.2) is 13.1 Å². The summed E-state index contributed by atoms with van der Waals surface area (Å²) < 4.78 is 28.3. The molecule has 0 radical (unpaired) electrons. The predicted octanol–water partition coefficient (Wildman–Crippen LogP) is 3.73. The molecule has 0 aliphatic carbocycles. The van der Waals surface area contributed by atoms with E-state index in [2.05, 4.69) is 4.72 Å². The highest BCUT2D eigenvalue weighted by atomic mass is 32.2. The van der Waals surface area contributed by atoms with Crippen LogP contribution in [0.3, 0.4) is 0 Å². The van der Waals surface area contributed by atoms with Crippen LogP contribution in [0.25, 0.3) is 0 Å². The maximum Gasteiger partial charge on any atom is 0.255 e. The van der Waals surface area contributed by atoms with E-state index in [0.717, 1.165) is 36.4 Å². The maximum absolute atomic E-state index is 12.9. The molecule has 1 saturated heterocycles. The molecule has 150 valence electrons. The number of rotatable bonds is 7. The monoisotopic (exact) mass is 418 g/mol. The fourth-order valence-corrected chi connectivity index (χ4v) is 5.06. The van der Waals surface area contributed by atoms with Crippen molar-refractivity contribution in [3.8, 4) is 0 Å². The summed E-state index contributed by atoms with van der Waals surface area (Å²) in [7, 11) is -3.70. The molecule has 1 fully saturated rings. The highest BCUT2D eigenvalue weighted by molar-refractivity contribution is 7.98. The van der Waals surface area contributed by atoms with Crippen LogP contribution < -0.4 is 4.72 Å². The first kappa shape index (κ1) is 20.9. The van der Waals surface area contributed by atoms with Gasteiger partial charge >= 0.3 is 0 Å². The van der Waals surface area contributed by atoms with E-state index < -0.39 is 10.0 Å². The molecule has 0 bridgehead atoms. The molecule has 5 nitrogen and oxygen atoms in total. The molecule has 1 amide bonds. The fourth-order valence-electron chi connectivity index (χ4n) is 3.33. The minimum absolute atomic E-state index is 0.0483. The van der Waals surface area contributed by atoms with Crippen LogP contribution in [0, 0.1) is 0 Å². The summed E-state index contributed by atoms with van der Waals surface area (Å²) in [5.41, 5.74) is 1.54. The summed E-state index contributed by atoms with van der Waals surface area (Å²) in [5.74, 6) is -0.0382. The molecule has 0 aromatic heterocycles. The number of thioether (sulfide) groups is 1. The van der Waals surface area contributed by atoms with Crippen LogP contribution in [0.2, 0.25) is 0 Å². The second-order valence-electron chi connectivity index (χ2n) is 7.03. The third kappa shape index (κ3) is 4.77. The molecule has 2 aromatic carbocycles. The number of sulfonamides is 1. The van der Waals surface area contributed by atoms with Gasteiger partial charge in [-0.15, -0.1) is 11.8 Å². The lowest BCUT2D eigenvalue weighted by molar-refractivity contribution is 0.0789. The lowest BCUT2D eigenvalue weighted by Crippen LogP contribution is -2.30. The molecule has 1 heterocycles. The molecule has 1 atom stereocenters. The van der Waals surface area contributed by atoms with Crippen LogP contribution in [0.15, 0.2) is 58.3 Å². The Labute approximate surface area is 171 Å². The second kappa shape index (κ2) is 9.11. The SMILES string of the molecule is CSc1ccc(S(=O)(=O)NC[C@@H](C)c2ccccc2)cc1C(=O)N1CCCC1. The molecule has 1 N–H and O–H groups in total. The number of nitrogens with zero attached hydrogens (tertiary/aromatic N) is 1. The summed E-state index contributed by atoms with van der Waals surface area (Å²) >= 11 is 1.45. The molecule has 2 aromatic rings. The van der Waals surface area contributed by atoms with Gasteiger partial charge in [0.15, 0.2) is 0 Å². The van der Waals surface area contributed by atoms with Crippen molar-refractivity contribution in [1.29, 1.82) is 0 Å². The summed E-state index contributed by atoms with van der Waals surface area (Å²) in [6, 6.07) is 14.6. The molecular formula is C21H26N2O3S2. The van der Waals surface area contributed by atoms with Gasteiger partial charge in [0, 0.05) is 24.5 Å². The lowest BCUT2D eigenvalue weighted by Gasteiger charge is -2.18. The Morgan fingerprint density at radius 1 is 1.14 bits per heavy atom. The first-order valence-corrected chi connectivity index (χ1v) is 12.1. The van der Waals surface area contributed by atoms with E-state index in [0.29, 0.717) is 12.1 Å². The lowest BCUT2D eigenvalue weighted by atomic mass is 10.0. The fraction of sp³-hybridized carbons (Fsp3) is 0.381. The van der Waals surface area contributed by atoms with Gasteiger partial charge in [0.25, 0.3) is 5.91 Å². The summed E-state index contributed by atoms with van der Waals surface area (Å²) in [6.45, 7) is 3.75. The van der Waals surface area contributed by atoms with E-state index in [1.54, 1.807) is 17.0 Å². The van der Waals surface area contributed by atoms with Crippen molar-refractivity contribution in [3.05, 3.63) is 59.7 Å². The molecule has 0 unspecified atom stereocenters. The van der Waals surface area contributed by atoms with Crippen LogP contribution >= 0.6 is 11.8 Å². The molecule has 3 rings (SSSR count). The second-order valence-corrected chi connectivity index (χ2v) is 9.64. The normalized spacial score (nSPS) is 15.6. The van der Waals surface area contributed by atoms with E-state index in [4.69, 9.17) is 0 Å². The molecule has 0 saturated carbocycles. The van der Waals surface area contributed by atoms with Gasteiger partial charge in [0.2, 0.25) is 10.0 Å².